The van der Waals surface area contributed by atoms with Crippen LogP contribution in [0.5, 0.6) is 0 Å². The molecule has 1 aromatic heterocycles. The van der Waals surface area contributed by atoms with Crippen molar-refractivity contribution in [1.29, 1.82) is 0 Å². The maximum atomic E-state index is 12.4. The number of amides is 1. The molecule has 0 aliphatic carbocycles. The Hall–Kier alpha value is -2.63. The zero-order valence-electron chi connectivity index (χ0n) is 16.4. The lowest BCUT2D eigenvalue weighted by molar-refractivity contribution is 0.102. The molecule has 27 heavy (non-hydrogen) atoms. The fraction of sp³-hybridized carbons (Fsp3) is 0.476. The number of carbonyl (C=O) groups is 1. The summed E-state index contributed by atoms with van der Waals surface area (Å²) in [6, 6.07) is 11.8. The first-order chi connectivity index (χ1) is 13.0. The smallest absolute Gasteiger partial charge is 0.276 e. The van der Waals surface area contributed by atoms with Gasteiger partial charge >= 0.3 is 0 Å². The molecule has 0 spiro atoms. The van der Waals surface area contributed by atoms with Crippen LogP contribution in [0.4, 0.5) is 17.2 Å². The first-order valence-corrected chi connectivity index (χ1v) is 9.81. The maximum absolute atomic E-state index is 12.4. The van der Waals surface area contributed by atoms with Crippen LogP contribution in [0.1, 0.15) is 50.5 Å². The minimum absolute atomic E-state index is 0.253. The van der Waals surface area contributed by atoms with Gasteiger partial charge in [0.15, 0.2) is 5.69 Å². The van der Waals surface area contributed by atoms with Crippen molar-refractivity contribution in [2.24, 2.45) is 5.92 Å². The van der Waals surface area contributed by atoms with E-state index in [9.17, 15) is 4.79 Å². The minimum atomic E-state index is -0.253. The Kier molecular flexibility index (Phi) is 6.27. The second kappa shape index (κ2) is 8.84. The Labute approximate surface area is 161 Å². The number of benzene rings is 1. The predicted octanol–water partition coefficient (Wildman–Crippen LogP) is 4.18. The van der Waals surface area contributed by atoms with Crippen molar-refractivity contribution in [3.63, 3.8) is 0 Å². The Bertz CT molecular complexity index is 736. The van der Waals surface area contributed by atoms with Crippen LogP contribution in [0.3, 0.4) is 0 Å². The van der Waals surface area contributed by atoms with Gasteiger partial charge in [-0.2, -0.15) is 0 Å². The summed E-state index contributed by atoms with van der Waals surface area (Å²) >= 11 is 0. The quantitative estimate of drug-likeness (QED) is 0.802. The fourth-order valence-corrected chi connectivity index (χ4v) is 3.10. The molecule has 1 unspecified atom stereocenters. The Balaban J connectivity index is 1.57. The zero-order valence-corrected chi connectivity index (χ0v) is 16.4. The van der Waals surface area contributed by atoms with Crippen LogP contribution < -0.4 is 15.5 Å². The zero-order chi connectivity index (χ0) is 19.2. The number of hydrogen-bond acceptors (Lipinski definition) is 5. The topological polar surface area (TPSA) is 70.2 Å². The highest BCUT2D eigenvalue weighted by Gasteiger charge is 2.16. The van der Waals surface area contributed by atoms with E-state index >= 15 is 0 Å². The molecule has 3 rings (SSSR count). The average Bonchev–Trinajstić information content (AvgIpc) is 2.69. The SMILES string of the molecule is CCC(C)Nc1ccc(C(=O)Nc2ccc(N3CCC(C)CC3)cc2)nn1. The molecule has 1 fully saturated rings. The van der Waals surface area contributed by atoms with Gasteiger partial charge in [-0.1, -0.05) is 13.8 Å². The van der Waals surface area contributed by atoms with E-state index < -0.39 is 0 Å². The van der Waals surface area contributed by atoms with Crippen molar-refractivity contribution in [3.8, 4) is 0 Å². The summed E-state index contributed by atoms with van der Waals surface area (Å²) in [4.78, 5) is 14.8. The summed E-state index contributed by atoms with van der Waals surface area (Å²) in [5, 5.41) is 14.2. The second-order valence-electron chi connectivity index (χ2n) is 7.43. The molecule has 1 aromatic carbocycles. The second-order valence-corrected chi connectivity index (χ2v) is 7.43. The Morgan fingerprint density at radius 1 is 1.15 bits per heavy atom. The summed E-state index contributed by atoms with van der Waals surface area (Å²) in [6.07, 6.45) is 3.47. The highest BCUT2D eigenvalue weighted by atomic mass is 16.1. The molecule has 2 heterocycles. The van der Waals surface area contributed by atoms with E-state index in [1.165, 1.54) is 18.5 Å². The van der Waals surface area contributed by atoms with Crippen LogP contribution in [0, 0.1) is 5.92 Å². The van der Waals surface area contributed by atoms with E-state index in [2.05, 4.69) is 58.6 Å². The van der Waals surface area contributed by atoms with Crippen molar-refractivity contribution in [2.45, 2.75) is 46.1 Å². The normalized spacial score (nSPS) is 16.0. The summed E-state index contributed by atoms with van der Waals surface area (Å²) in [5.41, 5.74) is 2.27. The molecule has 2 N–H and O–H groups in total. The number of anilines is 3. The Morgan fingerprint density at radius 3 is 2.44 bits per heavy atom. The number of hydrogen-bond donors (Lipinski definition) is 2. The van der Waals surface area contributed by atoms with Crippen LogP contribution in [-0.4, -0.2) is 35.2 Å². The molecule has 1 amide bonds. The predicted molar refractivity (Wildman–Crippen MR) is 110 cm³/mol. The molecule has 0 saturated carbocycles. The third-order valence-electron chi connectivity index (χ3n) is 5.18. The van der Waals surface area contributed by atoms with Gasteiger partial charge in [0, 0.05) is 30.5 Å². The maximum Gasteiger partial charge on any atom is 0.276 e. The Morgan fingerprint density at radius 2 is 1.85 bits per heavy atom. The molecule has 1 saturated heterocycles. The van der Waals surface area contributed by atoms with Gasteiger partial charge in [0.2, 0.25) is 0 Å². The molecule has 2 aromatic rings. The monoisotopic (exact) mass is 367 g/mol. The fourth-order valence-electron chi connectivity index (χ4n) is 3.10. The van der Waals surface area contributed by atoms with Crippen molar-refractivity contribution >= 4 is 23.1 Å². The van der Waals surface area contributed by atoms with Gasteiger partial charge in [-0.15, -0.1) is 10.2 Å². The summed E-state index contributed by atoms with van der Waals surface area (Å²) in [7, 11) is 0. The number of piperidine rings is 1. The van der Waals surface area contributed by atoms with E-state index in [1.54, 1.807) is 12.1 Å². The van der Waals surface area contributed by atoms with Crippen molar-refractivity contribution in [1.82, 2.24) is 10.2 Å². The molecule has 144 valence electrons. The number of nitrogens with one attached hydrogen (secondary N) is 2. The summed E-state index contributed by atoms with van der Waals surface area (Å²) in [6.45, 7) is 8.69. The molecule has 6 nitrogen and oxygen atoms in total. The van der Waals surface area contributed by atoms with Gasteiger partial charge in [-0.05, 0) is 68.5 Å². The van der Waals surface area contributed by atoms with Crippen molar-refractivity contribution in [3.05, 3.63) is 42.1 Å². The van der Waals surface area contributed by atoms with Gasteiger partial charge in [-0.25, -0.2) is 0 Å². The molecule has 6 heteroatoms. The van der Waals surface area contributed by atoms with Crippen LogP contribution in [0.15, 0.2) is 36.4 Å². The standard InChI is InChI=1S/C21H29N5O/c1-4-16(3)22-20-10-9-19(24-25-20)21(27)23-17-5-7-18(8-6-17)26-13-11-15(2)12-14-26/h5-10,15-16H,4,11-14H2,1-3H3,(H,22,25)(H,23,27). The molecule has 0 radical (unpaired) electrons. The van der Waals surface area contributed by atoms with Crippen LogP contribution in [0.2, 0.25) is 0 Å². The lowest BCUT2D eigenvalue weighted by atomic mass is 9.99. The molecule has 1 aliphatic heterocycles. The minimum Gasteiger partial charge on any atom is -0.372 e. The largest absolute Gasteiger partial charge is 0.372 e. The third-order valence-corrected chi connectivity index (χ3v) is 5.18. The van der Waals surface area contributed by atoms with Gasteiger partial charge in [0.05, 0.1) is 0 Å². The third kappa shape index (κ3) is 5.18. The lowest BCUT2D eigenvalue weighted by Crippen LogP contribution is -2.32. The number of nitrogens with zero attached hydrogens (tertiary/aromatic N) is 3. The molecular weight excluding hydrogens is 338 g/mol. The summed E-state index contributed by atoms with van der Waals surface area (Å²) < 4.78 is 0. The van der Waals surface area contributed by atoms with E-state index in [4.69, 9.17) is 0 Å². The van der Waals surface area contributed by atoms with E-state index in [0.717, 1.165) is 31.1 Å². The first-order valence-electron chi connectivity index (χ1n) is 9.81. The molecule has 1 atom stereocenters. The first kappa shape index (κ1) is 19.1. The van der Waals surface area contributed by atoms with Gasteiger partial charge in [0.1, 0.15) is 5.82 Å². The van der Waals surface area contributed by atoms with Crippen LogP contribution in [0.25, 0.3) is 0 Å². The van der Waals surface area contributed by atoms with Crippen molar-refractivity contribution < 1.29 is 4.79 Å². The highest BCUT2D eigenvalue weighted by molar-refractivity contribution is 6.02. The number of rotatable bonds is 6. The summed E-state index contributed by atoms with van der Waals surface area (Å²) in [5.74, 6) is 1.24. The van der Waals surface area contributed by atoms with Gasteiger partial charge in [0.25, 0.3) is 5.91 Å². The highest BCUT2D eigenvalue weighted by Crippen LogP contribution is 2.24. The van der Waals surface area contributed by atoms with Gasteiger partial charge in [-0.3, -0.25) is 4.79 Å². The van der Waals surface area contributed by atoms with E-state index in [-0.39, 0.29) is 5.91 Å². The van der Waals surface area contributed by atoms with Gasteiger partial charge < -0.3 is 15.5 Å². The lowest BCUT2D eigenvalue weighted by Gasteiger charge is -2.32. The van der Waals surface area contributed by atoms with E-state index in [1.807, 2.05) is 12.1 Å². The van der Waals surface area contributed by atoms with E-state index in [0.29, 0.717) is 17.6 Å². The van der Waals surface area contributed by atoms with Crippen molar-refractivity contribution in [2.75, 3.05) is 28.6 Å². The molecule has 0 bridgehead atoms. The number of carbonyl (C=O) groups excluding carboxylic acids is 1. The van der Waals surface area contributed by atoms with Crippen LogP contribution in [-0.2, 0) is 0 Å². The molecular formula is C21H29N5O. The van der Waals surface area contributed by atoms with Crippen LogP contribution >= 0.6 is 0 Å². The number of aromatic nitrogens is 2. The average molecular weight is 367 g/mol. The molecule has 1 aliphatic rings.